The van der Waals surface area contributed by atoms with E-state index in [9.17, 15) is 13.2 Å². The molecule has 1 amide bonds. The van der Waals surface area contributed by atoms with E-state index in [2.05, 4.69) is 14.9 Å². The number of methoxy groups -OCH3 is 1. The minimum absolute atomic E-state index is 0.123. The van der Waals surface area contributed by atoms with Gasteiger partial charge in [-0.25, -0.2) is 8.42 Å². The van der Waals surface area contributed by atoms with E-state index in [0.717, 1.165) is 31.6 Å². The number of sulfonamides is 1. The van der Waals surface area contributed by atoms with Gasteiger partial charge in [0.2, 0.25) is 0 Å². The molecule has 1 saturated heterocycles. The zero-order valence-electron chi connectivity index (χ0n) is 17.6. The van der Waals surface area contributed by atoms with Gasteiger partial charge in [0.05, 0.1) is 17.6 Å². The lowest BCUT2D eigenvalue weighted by molar-refractivity contribution is 0.0949. The van der Waals surface area contributed by atoms with Gasteiger partial charge >= 0.3 is 0 Å². The predicted molar refractivity (Wildman–Crippen MR) is 119 cm³/mol. The lowest BCUT2D eigenvalue weighted by Crippen LogP contribution is -2.30. The quantitative estimate of drug-likeness (QED) is 0.668. The first-order chi connectivity index (χ1) is 14.3. The number of carbonyl (C=O) groups excluding carboxylic acids is 1. The van der Waals surface area contributed by atoms with Crippen molar-refractivity contribution in [2.24, 2.45) is 5.92 Å². The minimum Gasteiger partial charge on any atom is -0.497 e. The van der Waals surface area contributed by atoms with Gasteiger partial charge < -0.3 is 15.0 Å². The highest BCUT2D eigenvalue weighted by molar-refractivity contribution is 7.92. The van der Waals surface area contributed by atoms with Gasteiger partial charge in [0.15, 0.2) is 0 Å². The van der Waals surface area contributed by atoms with Crippen molar-refractivity contribution >= 4 is 27.3 Å². The second-order valence-corrected chi connectivity index (χ2v) is 9.49. The molecule has 0 unspecified atom stereocenters. The molecule has 2 N–H and O–H groups in total. The highest BCUT2D eigenvalue weighted by atomic mass is 32.2. The van der Waals surface area contributed by atoms with Gasteiger partial charge in [0.1, 0.15) is 5.75 Å². The minimum atomic E-state index is -3.79. The van der Waals surface area contributed by atoms with Crippen LogP contribution in [0.3, 0.4) is 0 Å². The first-order valence-electron chi connectivity index (χ1n) is 10.1. The van der Waals surface area contributed by atoms with Crippen LogP contribution in [0.1, 0.15) is 37.0 Å². The van der Waals surface area contributed by atoms with E-state index in [1.54, 1.807) is 24.3 Å². The molecule has 8 heteroatoms. The third-order valence-electron chi connectivity index (χ3n) is 4.98. The second kappa shape index (κ2) is 9.38. The van der Waals surface area contributed by atoms with Gasteiger partial charge in [0.25, 0.3) is 15.9 Å². The van der Waals surface area contributed by atoms with E-state index in [1.165, 1.54) is 19.2 Å². The molecule has 0 aliphatic carbocycles. The largest absolute Gasteiger partial charge is 0.497 e. The van der Waals surface area contributed by atoms with E-state index < -0.39 is 10.0 Å². The Morgan fingerprint density at radius 2 is 1.77 bits per heavy atom. The Labute approximate surface area is 178 Å². The molecule has 2 aromatic carbocycles. The molecule has 0 bridgehead atoms. The maximum absolute atomic E-state index is 12.9. The molecule has 1 aliphatic rings. The lowest BCUT2D eigenvalue weighted by Gasteiger charge is -2.22. The molecule has 0 aromatic heterocycles. The zero-order valence-corrected chi connectivity index (χ0v) is 18.5. The molecule has 162 valence electrons. The van der Waals surface area contributed by atoms with Crippen LogP contribution in [-0.4, -0.2) is 41.1 Å². The van der Waals surface area contributed by atoms with Gasteiger partial charge in [-0.15, -0.1) is 0 Å². The maximum Gasteiger partial charge on any atom is 0.261 e. The summed E-state index contributed by atoms with van der Waals surface area (Å²) in [5.74, 6) is 0.699. The van der Waals surface area contributed by atoms with Crippen LogP contribution in [0.15, 0.2) is 47.4 Å². The van der Waals surface area contributed by atoms with Gasteiger partial charge in [0, 0.05) is 31.0 Å². The topological polar surface area (TPSA) is 87.7 Å². The average Bonchev–Trinajstić information content (AvgIpc) is 3.26. The number of nitrogens with zero attached hydrogens (tertiary/aromatic N) is 1. The molecule has 7 nitrogen and oxygen atoms in total. The van der Waals surface area contributed by atoms with Gasteiger partial charge in [-0.1, -0.05) is 13.8 Å². The van der Waals surface area contributed by atoms with Crippen molar-refractivity contribution in [3.8, 4) is 5.75 Å². The van der Waals surface area contributed by atoms with E-state index in [0.29, 0.717) is 29.5 Å². The van der Waals surface area contributed by atoms with Crippen molar-refractivity contribution in [2.75, 3.05) is 36.4 Å². The van der Waals surface area contributed by atoms with Crippen molar-refractivity contribution in [2.45, 2.75) is 31.6 Å². The summed E-state index contributed by atoms with van der Waals surface area (Å²) < 4.78 is 33.2. The van der Waals surface area contributed by atoms with E-state index in [-0.39, 0.29) is 10.8 Å². The fourth-order valence-electron chi connectivity index (χ4n) is 3.38. The third kappa shape index (κ3) is 5.24. The number of benzene rings is 2. The van der Waals surface area contributed by atoms with Crippen LogP contribution < -0.4 is 19.7 Å². The predicted octanol–water partition coefficient (Wildman–Crippen LogP) is 3.48. The van der Waals surface area contributed by atoms with Gasteiger partial charge in [-0.05, 0) is 61.2 Å². The molecule has 30 heavy (non-hydrogen) atoms. The molecule has 0 radical (unpaired) electrons. The summed E-state index contributed by atoms with van der Waals surface area (Å²) in [7, 11) is -2.27. The van der Waals surface area contributed by atoms with Crippen LogP contribution >= 0.6 is 0 Å². The first kappa shape index (κ1) is 22.0. The summed E-state index contributed by atoms with van der Waals surface area (Å²) in [5.41, 5.74) is 1.66. The van der Waals surface area contributed by atoms with Gasteiger partial charge in [-0.3, -0.25) is 9.52 Å². The first-order valence-corrected chi connectivity index (χ1v) is 11.6. The Hall–Kier alpha value is -2.74. The Kier molecular flexibility index (Phi) is 6.87. The van der Waals surface area contributed by atoms with Gasteiger partial charge in [-0.2, -0.15) is 0 Å². The molecular formula is C22H29N3O4S. The number of amides is 1. The van der Waals surface area contributed by atoms with Crippen molar-refractivity contribution in [1.82, 2.24) is 5.32 Å². The van der Waals surface area contributed by atoms with Crippen molar-refractivity contribution in [1.29, 1.82) is 0 Å². The monoisotopic (exact) mass is 431 g/mol. The molecule has 1 heterocycles. The molecular weight excluding hydrogens is 402 g/mol. The Balaban J connectivity index is 1.88. The average molecular weight is 432 g/mol. The second-order valence-electron chi connectivity index (χ2n) is 7.81. The van der Waals surface area contributed by atoms with Crippen LogP contribution in [-0.2, 0) is 10.0 Å². The maximum atomic E-state index is 12.9. The summed E-state index contributed by atoms with van der Waals surface area (Å²) in [5, 5.41) is 2.94. The van der Waals surface area contributed by atoms with Crippen LogP contribution in [0.4, 0.5) is 11.4 Å². The number of carbonyl (C=O) groups is 1. The summed E-state index contributed by atoms with van der Waals surface area (Å²) >= 11 is 0. The molecule has 0 spiro atoms. The van der Waals surface area contributed by atoms with Crippen LogP contribution in [0.25, 0.3) is 0 Å². The van der Waals surface area contributed by atoms with Crippen LogP contribution in [0.2, 0.25) is 0 Å². The fraction of sp³-hybridized carbons (Fsp3) is 0.409. The molecule has 0 atom stereocenters. The summed E-state index contributed by atoms with van der Waals surface area (Å²) in [6, 6.07) is 11.3. The van der Waals surface area contributed by atoms with Crippen LogP contribution in [0, 0.1) is 5.92 Å². The van der Waals surface area contributed by atoms with Crippen molar-refractivity contribution in [3.63, 3.8) is 0 Å². The Bertz CT molecular complexity index is 982. The number of nitrogens with one attached hydrogen (secondary N) is 2. The molecule has 0 saturated carbocycles. The Morgan fingerprint density at radius 1 is 1.10 bits per heavy atom. The van der Waals surface area contributed by atoms with E-state index in [1.807, 2.05) is 19.9 Å². The smallest absolute Gasteiger partial charge is 0.261 e. The molecule has 1 aliphatic heterocycles. The zero-order chi connectivity index (χ0) is 21.7. The number of anilines is 2. The van der Waals surface area contributed by atoms with E-state index >= 15 is 0 Å². The normalized spacial score (nSPS) is 14.1. The fourth-order valence-corrected chi connectivity index (χ4v) is 4.43. The molecule has 3 rings (SSSR count). The van der Waals surface area contributed by atoms with Crippen molar-refractivity contribution in [3.05, 3.63) is 48.0 Å². The summed E-state index contributed by atoms with van der Waals surface area (Å²) in [6.45, 7) is 6.39. The summed E-state index contributed by atoms with van der Waals surface area (Å²) in [4.78, 5) is 15.2. The lowest BCUT2D eigenvalue weighted by atomic mass is 10.1. The number of hydrogen-bond donors (Lipinski definition) is 2. The highest BCUT2D eigenvalue weighted by Gasteiger charge is 2.22. The Morgan fingerprint density at radius 3 is 2.37 bits per heavy atom. The van der Waals surface area contributed by atoms with Crippen LogP contribution in [0.5, 0.6) is 5.75 Å². The number of hydrogen-bond acceptors (Lipinski definition) is 5. The standard InChI is InChI=1S/C22H29N3O4S/c1-16(2)15-23-22(26)20-14-17(6-11-21(20)25-12-4-5-13-25)24-30(27,28)19-9-7-18(29-3)8-10-19/h6-11,14,16,24H,4-5,12-13,15H2,1-3H3,(H,23,26). The third-order valence-corrected chi connectivity index (χ3v) is 6.38. The number of ether oxygens (including phenoxy) is 1. The highest BCUT2D eigenvalue weighted by Crippen LogP contribution is 2.29. The van der Waals surface area contributed by atoms with Crippen molar-refractivity contribution < 1.29 is 17.9 Å². The SMILES string of the molecule is COc1ccc(S(=O)(=O)Nc2ccc(N3CCCC3)c(C(=O)NCC(C)C)c2)cc1. The molecule has 1 fully saturated rings. The van der Waals surface area contributed by atoms with E-state index in [4.69, 9.17) is 4.74 Å². The summed E-state index contributed by atoms with van der Waals surface area (Å²) in [6.07, 6.45) is 2.16. The molecule has 2 aromatic rings. The number of rotatable bonds is 8.